The lowest BCUT2D eigenvalue weighted by atomic mass is 9.96. The number of ether oxygens (including phenoxy) is 1. The van der Waals surface area contributed by atoms with Crippen LogP contribution in [0.15, 0.2) is 33.1 Å². The van der Waals surface area contributed by atoms with Gasteiger partial charge in [0.05, 0.1) is 6.61 Å². The summed E-state index contributed by atoms with van der Waals surface area (Å²) < 4.78 is 16.9. The van der Waals surface area contributed by atoms with E-state index in [1.165, 1.54) is 27.8 Å². The number of aryl methyl sites for hydroxylation is 6. The summed E-state index contributed by atoms with van der Waals surface area (Å²) in [6.07, 6.45) is 0.984. The number of benzene rings is 2. The smallest absolute Gasteiger partial charge is 0.360 e. The predicted octanol–water partition coefficient (Wildman–Crippen LogP) is 8.85. The van der Waals surface area contributed by atoms with Gasteiger partial charge in [-0.05, 0) is 81.8 Å². The molecule has 0 unspecified atom stereocenters. The second kappa shape index (κ2) is 14.1. The number of carbonyl (C=O) groups excluding carboxylic acids is 1. The maximum Gasteiger partial charge on any atom is 0.360 e. The molecule has 0 atom stereocenters. The van der Waals surface area contributed by atoms with E-state index in [-0.39, 0.29) is 16.5 Å². The first-order chi connectivity index (χ1) is 21.2. The van der Waals surface area contributed by atoms with Crippen LogP contribution in [0.3, 0.4) is 0 Å². The molecule has 4 rings (SSSR count). The van der Waals surface area contributed by atoms with Crippen LogP contribution in [-0.2, 0) is 28.4 Å². The van der Waals surface area contributed by atoms with Crippen molar-refractivity contribution in [2.75, 3.05) is 6.61 Å². The molecule has 0 saturated carbocycles. The Morgan fingerprint density at radius 3 is 1.35 bits per heavy atom. The number of aromatic nitrogens is 2. The van der Waals surface area contributed by atoms with Gasteiger partial charge >= 0.3 is 11.9 Å². The first kappa shape index (κ1) is 36.3. The van der Waals surface area contributed by atoms with E-state index in [2.05, 4.69) is 61.9 Å². The Bertz CT molecular complexity index is 1680. The minimum atomic E-state index is -1.04. The zero-order valence-corrected chi connectivity index (χ0v) is 29.8. The molecule has 0 saturated heterocycles. The molecular weight excluding hydrogens is 580 g/mol. The number of esters is 1. The van der Waals surface area contributed by atoms with Gasteiger partial charge in [-0.15, -0.1) is 0 Å². The maximum absolute atomic E-state index is 12.3. The van der Waals surface area contributed by atoms with E-state index in [9.17, 15) is 14.7 Å². The van der Waals surface area contributed by atoms with Crippen LogP contribution in [0.4, 0.5) is 0 Å². The quantitative estimate of drug-likeness (QED) is 0.201. The highest BCUT2D eigenvalue weighted by atomic mass is 16.5. The van der Waals surface area contributed by atoms with Gasteiger partial charge in [0.2, 0.25) is 11.8 Å². The lowest BCUT2D eigenvalue weighted by Gasteiger charge is -2.13. The molecular formula is C38H50N2O6. The third-order valence-electron chi connectivity index (χ3n) is 7.70. The Balaban J connectivity index is 0.000000251. The van der Waals surface area contributed by atoms with Crippen molar-refractivity contribution in [1.29, 1.82) is 0 Å². The van der Waals surface area contributed by atoms with Gasteiger partial charge in [0.25, 0.3) is 0 Å². The molecule has 0 aliphatic carbocycles. The number of carboxylic acid groups (broad SMARTS) is 1. The number of aromatic carboxylic acids is 1. The molecule has 0 bridgehead atoms. The number of hydrogen-bond donors (Lipinski definition) is 1. The first-order valence-corrected chi connectivity index (χ1v) is 15.8. The van der Waals surface area contributed by atoms with E-state index in [1.807, 2.05) is 55.4 Å². The fraction of sp³-hybridized carbons (Fsp3) is 0.474. The highest BCUT2D eigenvalue weighted by molar-refractivity contribution is 5.88. The molecule has 4 aromatic rings. The molecule has 1 N–H and O–H groups in total. The van der Waals surface area contributed by atoms with Crippen molar-refractivity contribution in [2.24, 2.45) is 0 Å². The van der Waals surface area contributed by atoms with Crippen molar-refractivity contribution >= 4 is 11.9 Å². The minimum Gasteiger partial charge on any atom is -0.476 e. The van der Waals surface area contributed by atoms with E-state index in [0.717, 1.165) is 16.7 Å². The lowest BCUT2D eigenvalue weighted by molar-refractivity contribution is 0.0517. The summed E-state index contributed by atoms with van der Waals surface area (Å²) in [7, 11) is 0. The summed E-state index contributed by atoms with van der Waals surface area (Å²) in [5.74, 6) is 0.553. The molecule has 0 radical (unpaired) electrons. The molecule has 0 aliphatic rings. The van der Waals surface area contributed by atoms with Crippen LogP contribution >= 0.6 is 0 Å². The van der Waals surface area contributed by atoms with Crippen LogP contribution in [0.25, 0.3) is 0 Å². The summed E-state index contributed by atoms with van der Waals surface area (Å²) in [6.45, 7) is 26.4. The van der Waals surface area contributed by atoms with Gasteiger partial charge < -0.3 is 18.7 Å². The molecule has 2 aromatic carbocycles. The zero-order valence-electron chi connectivity index (χ0n) is 29.8. The van der Waals surface area contributed by atoms with Crippen LogP contribution < -0.4 is 0 Å². The average Bonchev–Trinajstić information content (AvgIpc) is 3.54. The summed E-state index contributed by atoms with van der Waals surface area (Å²) in [6, 6.07) is 8.49. The van der Waals surface area contributed by atoms with Crippen LogP contribution in [0.2, 0.25) is 0 Å². The third-order valence-corrected chi connectivity index (χ3v) is 7.70. The van der Waals surface area contributed by atoms with Gasteiger partial charge in [-0.25, -0.2) is 19.6 Å². The topological polar surface area (TPSA) is 116 Å². The SMILES string of the molecule is CCOC(=O)c1nc(C(C)(C)C)oc1Cc1c(C)cc(C)cc1C.Cc1cc(C)c(Cc2oc(C(C)(C)C)nc2C(=O)O)c(C)c1. The van der Waals surface area contributed by atoms with Gasteiger partial charge in [-0.3, -0.25) is 0 Å². The maximum atomic E-state index is 12.3. The highest BCUT2D eigenvalue weighted by Crippen LogP contribution is 2.29. The number of rotatable bonds is 7. The summed E-state index contributed by atoms with van der Waals surface area (Å²) >= 11 is 0. The van der Waals surface area contributed by atoms with E-state index in [4.69, 9.17) is 13.6 Å². The third kappa shape index (κ3) is 8.74. The van der Waals surface area contributed by atoms with E-state index in [0.29, 0.717) is 48.4 Å². The Labute approximate surface area is 273 Å². The Morgan fingerprint density at radius 2 is 1.02 bits per heavy atom. The molecule has 0 amide bonds. The van der Waals surface area contributed by atoms with Crippen molar-refractivity contribution in [3.05, 3.63) is 103 Å². The normalized spacial score (nSPS) is 11.7. The Hall–Kier alpha value is -4.20. The standard InChI is InChI=1S/C20H27NO3.C18H23NO3/c1-8-23-18(22)17-16(24-19(21-17)20(5,6)7)11-15-13(3)9-12(2)10-14(15)4;1-10-7-11(2)13(12(3)8-10)9-14-15(16(20)21)19-17(22-14)18(4,5)6/h9-10H,8,11H2,1-7H3;7-8H,9H2,1-6H3,(H,20,21). The minimum absolute atomic E-state index is 0.0179. The molecule has 8 nitrogen and oxygen atoms in total. The number of carbonyl (C=O) groups is 2. The van der Waals surface area contributed by atoms with Crippen LogP contribution in [0, 0.1) is 41.5 Å². The van der Waals surface area contributed by atoms with Gasteiger partial charge in [-0.1, -0.05) is 76.9 Å². The second-order valence-electron chi connectivity index (χ2n) is 14.2. The van der Waals surface area contributed by atoms with Crippen molar-refractivity contribution in [1.82, 2.24) is 9.97 Å². The molecule has 46 heavy (non-hydrogen) atoms. The Kier molecular flexibility index (Phi) is 11.1. The molecule has 0 fully saturated rings. The van der Waals surface area contributed by atoms with Crippen molar-refractivity contribution in [2.45, 2.75) is 114 Å². The molecule has 0 aliphatic heterocycles. The first-order valence-electron chi connectivity index (χ1n) is 15.8. The molecule has 2 heterocycles. The number of carboxylic acids is 1. The van der Waals surface area contributed by atoms with Crippen molar-refractivity contribution < 1.29 is 28.3 Å². The largest absolute Gasteiger partial charge is 0.476 e. The zero-order chi connectivity index (χ0) is 34.7. The highest BCUT2D eigenvalue weighted by Gasteiger charge is 2.29. The van der Waals surface area contributed by atoms with E-state index < -0.39 is 11.9 Å². The van der Waals surface area contributed by atoms with Crippen LogP contribution in [0.5, 0.6) is 0 Å². The molecule has 248 valence electrons. The summed E-state index contributed by atoms with van der Waals surface area (Å²) in [4.78, 5) is 32.3. The number of nitrogens with zero attached hydrogens (tertiary/aromatic N) is 2. The van der Waals surface area contributed by atoms with E-state index in [1.54, 1.807) is 6.92 Å². The second-order valence-corrected chi connectivity index (χ2v) is 14.2. The van der Waals surface area contributed by atoms with Crippen LogP contribution in [-0.4, -0.2) is 33.6 Å². The molecule has 0 spiro atoms. The van der Waals surface area contributed by atoms with Gasteiger partial charge in [-0.2, -0.15) is 0 Å². The van der Waals surface area contributed by atoms with Crippen molar-refractivity contribution in [3.63, 3.8) is 0 Å². The Morgan fingerprint density at radius 1 is 0.674 bits per heavy atom. The molecule has 8 heteroatoms. The fourth-order valence-electron chi connectivity index (χ4n) is 5.41. The van der Waals surface area contributed by atoms with Gasteiger partial charge in [0.15, 0.2) is 11.4 Å². The monoisotopic (exact) mass is 630 g/mol. The van der Waals surface area contributed by atoms with Gasteiger partial charge in [0, 0.05) is 23.7 Å². The fourth-order valence-corrected chi connectivity index (χ4v) is 5.41. The number of hydrogen-bond acceptors (Lipinski definition) is 7. The van der Waals surface area contributed by atoms with Gasteiger partial charge in [0.1, 0.15) is 11.5 Å². The lowest BCUT2D eigenvalue weighted by Crippen LogP contribution is -2.13. The van der Waals surface area contributed by atoms with Crippen molar-refractivity contribution in [3.8, 4) is 0 Å². The average molecular weight is 631 g/mol. The summed E-state index contributed by atoms with van der Waals surface area (Å²) in [5, 5.41) is 9.38. The van der Waals surface area contributed by atoms with E-state index >= 15 is 0 Å². The number of oxazole rings is 2. The summed E-state index contributed by atoms with van der Waals surface area (Å²) in [5.41, 5.74) is 9.09. The molecule has 2 aromatic heterocycles. The van der Waals surface area contributed by atoms with Crippen LogP contribution in [0.1, 0.15) is 137 Å². The predicted molar refractivity (Wildman–Crippen MR) is 180 cm³/mol.